The van der Waals surface area contributed by atoms with E-state index in [1.54, 1.807) is 0 Å². The van der Waals surface area contributed by atoms with E-state index in [1.807, 2.05) is 19.1 Å². The second kappa shape index (κ2) is 4.48. The van der Waals surface area contributed by atoms with Crippen molar-refractivity contribution < 1.29 is 0 Å². The molecule has 70 valence electrons. The molecule has 0 saturated carbocycles. The number of hydrogen-bond acceptors (Lipinski definition) is 0. The maximum absolute atomic E-state index is 3.05. The van der Waals surface area contributed by atoms with Crippen LogP contribution in [0.2, 0.25) is 0 Å². The average molecular weight is 182 g/mol. The lowest BCUT2D eigenvalue weighted by atomic mass is 10.1. The first kappa shape index (κ1) is 10.3. The second-order valence-electron chi connectivity index (χ2n) is 2.94. The van der Waals surface area contributed by atoms with Crippen molar-refractivity contribution in [3.05, 3.63) is 48.0 Å². The van der Waals surface area contributed by atoms with Gasteiger partial charge in [0.05, 0.1) is 0 Å². The van der Waals surface area contributed by atoms with Gasteiger partial charge in [-0.1, -0.05) is 43.7 Å². The summed E-state index contributed by atoms with van der Waals surface area (Å²) in [5.41, 5.74) is 1.08. The second-order valence-corrected chi connectivity index (χ2v) is 2.94. The van der Waals surface area contributed by atoms with Crippen molar-refractivity contribution in [1.82, 2.24) is 0 Å². The molecule has 0 aromatic heterocycles. The van der Waals surface area contributed by atoms with E-state index in [0.717, 1.165) is 5.56 Å². The average Bonchev–Trinajstić information content (AvgIpc) is 2.18. The van der Waals surface area contributed by atoms with Crippen LogP contribution in [0.25, 0.3) is 10.8 Å². The minimum absolute atomic E-state index is 0. The highest BCUT2D eigenvalue weighted by molar-refractivity contribution is 5.83. The maximum Gasteiger partial charge on any atom is 0.0251 e. The minimum Gasteiger partial charge on any atom is -0.101 e. The molecule has 0 unspecified atom stereocenters. The maximum atomic E-state index is 3.05. The number of hydrogen-bond donors (Lipinski definition) is 0. The molecule has 0 spiro atoms. The number of rotatable bonds is 0. The van der Waals surface area contributed by atoms with Crippen LogP contribution in [0.5, 0.6) is 0 Å². The van der Waals surface area contributed by atoms with Gasteiger partial charge >= 0.3 is 0 Å². The van der Waals surface area contributed by atoms with E-state index in [4.69, 9.17) is 0 Å². The highest BCUT2D eigenvalue weighted by Crippen LogP contribution is 2.14. The molecule has 0 amide bonds. The van der Waals surface area contributed by atoms with Gasteiger partial charge in [-0.25, -0.2) is 0 Å². The number of benzene rings is 2. The summed E-state index contributed by atoms with van der Waals surface area (Å²) in [6, 6.07) is 14.6. The van der Waals surface area contributed by atoms with Crippen LogP contribution in [-0.2, 0) is 0 Å². The van der Waals surface area contributed by atoms with E-state index in [1.165, 1.54) is 10.8 Å². The van der Waals surface area contributed by atoms with Crippen LogP contribution in [0.4, 0.5) is 0 Å². The molecular weight excluding hydrogens is 168 g/mol. The van der Waals surface area contributed by atoms with Gasteiger partial charge < -0.3 is 0 Å². The van der Waals surface area contributed by atoms with Crippen molar-refractivity contribution >= 4 is 10.8 Å². The van der Waals surface area contributed by atoms with Gasteiger partial charge in [0.15, 0.2) is 0 Å². The van der Waals surface area contributed by atoms with Crippen LogP contribution in [-0.4, -0.2) is 0 Å². The Morgan fingerprint density at radius 2 is 1.64 bits per heavy atom. The third-order valence-corrected chi connectivity index (χ3v) is 2.02. The third-order valence-electron chi connectivity index (χ3n) is 2.02. The molecule has 2 aromatic rings. The minimum atomic E-state index is 0. The Labute approximate surface area is 85.6 Å². The highest BCUT2D eigenvalue weighted by Gasteiger charge is 1.91. The summed E-state index contributed by atoms with van der Waals surface area (Å²) >= 11 is 0. The Hall–Kier alpha value is -1.74. The van der Waals surface area contributed by atoms with E-state index in [0.29, 0.717) is 0 Å². The Bertz CT molecular complexity index is 484. The normalized spacial score (nSPS) is 8.64. The molecule has 0 heteroatoms. The predicted octanol–water partition coefficient (Wildman–Crippen LogP) is 3.85. The summed E-state index contributed by atoms with van der Waals surface area (Å²) in [6.07, 6.45) is 0. The summed E-state index contributed by atoms with van der Waals surface area (Å²) < 4.78 is 0. The summed E-state index contributed by atoms with van der Waals surface area (Å²) in [4.78, 5) is 0. The fourth-order valence-electron chi connectivity index (χ4n) is 1.41. The molecule has 0 aliphatic heterocycles. The first-order valence-corrected chi connectivity index (χ1v) is 4.32. The lowest BCUT2D eigenvalue weighted by Crippen LogP contribution is -1.75. The van der Waals surface area contributed by atoms with Crippen molar-refractivity contribution in [2.45, 2.75) is 14.4 Å². The van der Waals surface area contributed by atoms with Gasteiger partial charge in [0.25, 0.3) is 0 Å². The molecule has 0 N–H and O–H groups in total. The number of fused-ring (bicyclic) bond motifs is 1. The van der Waals surface area contributed by atoms with E-state index >= 15 is 0 Å². The fourth-order valence-corrected chi connectivity index (χ4v) is 1.41. The van der Waals surface area contributed by atoms with Gasteiger partial charge in [0.1, 0.15) is 0 Å². The van der Waals surface area contributed by atoms with Gasteiger partial charge in [-0.3, -0.25) is 0 Å². The van der Waals surface area contributed by atoms with Gasteiger partial charge in [-0.15, -0.1) is 5.92 Å². The summed E-state index contributed by atoms with van der Waals surface area (Å²) in [6.45, 7) is 1.86. The van der Waals surface area contributed by atoms with E-state index < -0.39 is 0 Å². The molecule has 0 nitrogen and oxygen atoms in total. The molecule has 0 bridgehead atoms. The van der Waals surface area contributed by atoms with Crippen molar-refractivity contribution in [2.75, 3.05) is 0 Å². The monoisotopic (exact) mass is 182 g/mol. The molecule has 0 aliphatic rings. The van der Waals surface area contributed by atoms with Crippen LogP contribution in [0.3, 0.4) is 0 Å². The molecule has 0 fully saturated rings. The molecule has 0 atom stereocenters. The van der Waals surface area contributed by atoms with Gasteiger partial charge in [-0.05, 0) is 29.8 Å². The molecule has 14 heavy (non-hydrogen) atoms. The molecule has 0 radical (unpaired) electrons. The first-order valence-electron chi connectivity index (χ1n) is 4.32. The van der Waals surface area contributed by atoms with Crippen LogP contribution in [0.15, 0.2) is 42.5 Å². The molecule has 0 heterocycles. The standard InChI is InChI=1S/C13H10.CH4/c1-2-5-11-8-9-12-6-3-4-7-13(12)10-11;/h3-4,6-10H,1H3;1H4. The van der Waals surface area contributed by atoms with Crippen molar-refractivity contribution in [1.29, 1.82) is 0 Å². The Kier molecular flexibility index (Phi) is 3.31. The molecule has 0 aliphatic carbocycles. The topological polar surface area (TPSA) is 0 Å². The smallest absolute Gasteiger partial charge is 0.0251 e. The largest absolute Gasteiger partial charge is 0.101 e. The van der Waals surface area contributed by atoms with Gasteiger partial charge in [0, 0.05) is 5.56 Å². The summed E-state index contributed by atoms with van der Waals surface area (Å²) in [5.74, 6) is 5.95. The molecule has 2 aromatic carbocycles. The third kappa shape index (κ3) is 1.95. The Morgan fingerprint density at radius 1 is 0.929 bits per heavy atom. The SMILES string of the molecule is C.CC#Cc1ccc2ccccc2c1. The molecule has 2 rings (SSSR count). The van der Waals surface area contributed by atoms with Gasteiger partial charge in [-0.2, -0.15) is 0 Å². The quantitative estimate of drug-likeness (QED) is 0.543. The van der Waals surface area contributed by atoms with E-state index in [9.17, 15) is 0 Å². The van der Waals surface area contributed by atoms with Crippen LogP contribution < -0.4 is 0 Å². The van der Waals surface area contributed by atoms with Gasteiger partial charge in [0.2, 0.25) is 0 Å². The van der Waals surface area contributed by atoms with Crippen LogP contribution in [0, 0.1) is 11.8 Å². The van der Waals surface area contributed by atoms with Crippen molar-refractivity contribution in [3.63, 3.8) is 0 Å². The van der Waals surface area contributed by atoms with E-state index in [-0.39, 0.29) is 7.43 Å². The predicted molar refractivity (Wildman–Crippen MR) is 63.2 cm³/mol. The van der Waals surface area contributed by atoms with Crippen molar-refractivity contribution in [3.8, 4) is 11.8 Å². The van der Waals surface area contributed by atoms with Crippen molar-refractivity contribution in [2.24, 2.45) is 0 Å². The Balaban J connectivity index is 0.000000980. The molecular formula is C14H14. The zero-order valence-electron chi connectivity index (χ0n) is 7.54. The molecule has 0 saturated heterocycles. The summed E-state index contributed by atoms with van der Waals surface area (Å²) in [7, 11) is 0. The highest BCUT2D eigenvalue weighted by atomic mass is 14.0. The van der Waals surface area contributed by atoms with E-state index in [2.05, 4.69) is 42.2 Å². The zero-order valence-corrected chi connectivity index (χ0v) is 7.54. The zero-order chi connectivity index (χ0) is 9.10. The lowest BCUT2D eigenvalue weighted by molar-refractivity contribution is 1.69. The van der Waals surface area contributed by atoms with Crippen LogP contribution in [0.1, 0.15) is 19.9 Å². The summed E-state index contributed by atoms with van der Waals surface area (Å²) in [5, 5.41) is 2.52. The first-order chi connectivity index (χ1) is 6.40. The lowest BCUT2D eigenvalue weighted by Gasteiger charge is -1.96. The Morgan fingerprint density at radius 3 is 2.36 bits per heavy atom. The fraction of sp³-hybridized carbons (Fsp3) is 0.143. The van der Waals surface area contributed by atoms with Crippen LogP contribution >= 0.6 is 0 Å².